The van der Waals surface area contributed by atoms with Crippen molar-refractivity contribution < 1.29 is 9.18 Å². The Hall–Kier alpha value is -1.13. The topological polar surface area (TPSA) is 41.1 Å². The molecule has 1 heterocycles. The molecule has 2 atom stereocenters. The molecule has 1 aliphatic rings. The van der Waals surface area contributed by atoms with Crippen molar-refractivity contribution in [3.63, 3.8) is 0 Å². The minimum Gasteiger partial charge on any atom is -0.352 e. The molecule has 1 aliphatic heterocycles. The van der Waals surface area contributed by atoms with Gasteiger partial charge in [-0.1, -0.05) is 26.0 Å². The number of benzene rings is 1. The largest absolute Gasteiger partial charge is 0.352 e. The Labute approximate surface area is 132 Å². The van der Waals surface area contributed by atoms with Gasteiger partial charge in [0.1, 0.15) is 5.82 Å². The first kappa shape index (κ1) is 17.9. The number of rotatable bonds is 5. The Bertz CT molecular complexity index is 444. The summed E-state index contributed by atoms with van der Waals surface area (Å²) in [5, 5.41) is 6.36. The van der Waals surface area contributed by atoms with Gasteiger partial charge in [0.15, 0.2) is 0 Å². The van der Waals surface area contributed by atoms with Crippen LogP contribution in [0, 0.1) is 17.7 Å². The van der Waals surface area contributed by atoms with Crippen molar-refractivity contribution in [2.24, 2.45) is 11.8 Å². The third-order valence-corrected chi connectivity index (χ3v) is 3.93. The van der Waals surface area contributed by atoms with Gasteiger partial charge in [-0.05, 0) is 43.0 Å². The maximum atomic E-state index is 12.9. The van der Waals surface area contributed by atoms with Gasteiger partial charge in [-0.15, -0.1) is 12.4 Å². The molecule has 1 aromatic carbocycles. The lowest BCUT2D eigenvalue weighted by Crippen LogP contribution is -2.43. The zero-order valence-electron chi connectivity index (χ0n) is 12.6. The van der Waals surface area contributed by atoms with Crippen LogP contribution in [0.25, 0.3) is 0 Å². The highest BCUT2D eigenvalue weighted by Crippen LogP contribution is 2.14. The molecule has 0 spiro atoms. The van der Waals surface area contributed by atoms with Gasteiger partial charge in [0.05, 0.1) is 5.92 Å². The van der Waals surface area contributed by atoms with E-state index in [1.165, 1.54) is 12.1 Å². The Balaban J connectivity index is 0.00000220. The molecule has 0 aliphatic carbocycles. The number of halogens is 2. The zero-order valence-corrected chi connectivity index (χ0v) is 13.4. The van der Waals surface area contributed by atoms with Gasteiger partial charge in [0, 0.05) is 12.6 Å². The van der Waals surface area contributed by atoms with Crippen molar-refractivity contribution in [2.75, 3.05) is 13.1 Å². The molecule has 0 radical (unpaired) electrons. The van der Waals surface area contributed by atoms with Gasteiger partial charge in [0.25, 0.3) is 0 Å². The van der Waals surface area contributed by atoms with Gasteiger partial charge in [-0.3, -0.25) is 4.79 Å². The molecule has 0 aromatic heterocycles. The van der Waals surface area contributed by atoms with Crippen LogP contribution in [0.2, 0.25) is 0 Å². The van der Waals surface area contributed by atoms with Crippen LogP contribution in [-0.2, 0) is 11.2 Å². The van der Waals surface area contributed by atoms with E-state index in [-0.39, 0.29) is 36.1 Å². The van der Waals surface area contributed by atoms with Crippen molar-refractivity contribution >= 4 is 18.3 Å². The number of amides is 1. The molecule has 118 valence electrons. The minimum atomic E-state index is -0.226. The van der Waals surface area contributed by atoms with Gasteiger partial charge in [-0.25, -0.2) is 4.39 Å². The average Bonchev–Trinajstić information content (AvgIpc) is 2.94. The molecular weight excluding hydrogens is 291 g/mol. The first-order chi connectivity index (χ1) is 9.56. The highest BCUT2D eigenvalue weighted by atomic mass is 35.5. The predicted molar refractivity (Wildman–Crippen MR) is 85.1 cm³/mol. The molecule has 2 N–H and O–H groups in total. The van der Waals surface area contributed by atoms with Gasteiger partial charge in [0.2, 0.25) is 5.91 Å². The zero-order chi connectivity index (χ0) is 14.5. The van der Waals surface area contributed by atoms with Crippen LogP contribution in [0.1, 0.15) is 25.8 Å². The maximum absolute atomic E-state index is 12.9. The van der Waals surface area contributed by atoms with Crippen LogP contribution in [0.3, 0.4) is 0 Å². The number of hydrogen-bond donors (Lipinski definition) is 2. The van der Waals surface area contributed by atoms with Crippen LogP contribution in [-0.4, -0.2) is 25.0 Å². The van der Waals surface area contributed by atoms with E-state index in [0.717, 1.165) is 31.5 Å². The van der Waals surface area contributed by atoms with Crippen LogP contribution in [0.5, 0.6) is 0 Å². The molecule has 0 bridgehead atoms. The van der Waals surface area contributed by atoms with Crippen molar-refractivity contribution in [3.05, 3.63) is 35.6 Å². The molecule has 21 heavy (non-hydrogen) atoms. The average molecular weight is 315 g/mol. The molecule has 1 amide bonds. The van der Waals surface area contributed by atoms with Gasteiger partial charge >= 0.3 is 0 Å². The molecule has 2 unspecified atom stereocenters. The van der Waals surface area contributed by atoms with Gasteiger partial charge in [-0.2, -0.15) is 0 Å². The molecular formula is C16H24ClFN2O. The summed E-state index contributed by atoms with van der Waals surface area (Å²) in [4.78, 5) is 12.2. The fourth-order valence-corrected chi connectivity index (χ4v) is 2.51. The molecule has 1 saturated heterocycles. The predicted octanol–water partition coefficient (Wildman–Crippen LogP) is 2.54. The standard InChI is InChI=1S/C16H23FN2O.ClH/c1-11(2)15(9-12-3-5-14(17)6-4-12)19-16(20)13-7-8-18-10-13;/h3-6,11,13,15,18H,7-10H2,1-2H3,(H,19,20);1H. The minimum absolute atomic E-state index is 0. The molecule has 1 aromatic rings. The molecule has 3 nitrogen and oxygen atoms in total. The van der Waals surface area contributed by atoms with Gasteiger partial charge < -0.3 is 10.6 Å². The number of carbonyl (C=O) groups excluding carboxylic acids is 1. The monoisotopic (exact) mass is 314 g/mol. The summed E-state index contributed by atoms with van der Waals surface area (Å²) in [5.41, 5.74) is 1.05. The summed E-state index contributed by atoms with van der Waals surface area (Å²) in [5.74, 6) is 0.342. The second kappa shape index (κ2) is 8.35. The summed E-state index contributed by atoms with van der Waals surface area (Å²) in [6, 6.07) is 6.60. The third kappa shape index (κ3) is 5.29. The Morgan fingerprint density at radius 2 is 2.05 bits per heavy atom. The van der Waals surface area contributed by atoms with Crippen LogP contribution in [0.15, 0.2) is 24.3 Å². The summed E-state index contributed by atoms with van der Waals surface area (Å²) in [6.45, 7) is 5.89. The number of carbonyl (C=O) groups is 1. The van der Waals surface area contributed by atoms with Crippen molar-refractivity contribution in [3.8, 4) is 0 Å². The lowest BCUT2D eigenvalue weighted by atomic mass is 9.95. The van der Waals surface area contributed by atoms with Crippen LogP contribution in [0.4, 0.5) is 4.39 Å². The Morgan fingerprint density at radius 3 is 2.57 bits per heavy atom. The Kier molecular flexibility index (Phi) is 7.12. The van der Waals surface area contributed by atoms with E-state index in [0.29, 0.717) is 5.92 Å². The smallest absolute Gasteiger partial charge is 0.224 e. The first-order valence-electron chi connectivity index (χ1n) is 7.32. The van der Waals surface area contributed by atoms with E-state index in [4.69, 9.17) is 0 Å². The fraction of sp³-hybridized carbons (Fsp3) is 0.562. The quantitative estimate of drug-likeness (QED) is 0.877. The molecule has 1 fully saturated rings. The fourth-order valence-electron chi connectivity index (χ4n) is 2.51. The molecule has 0 saturated carbocycles. The van der Waals surface area contributed by atoms with Crippen molar-refractivity contribution in [2.45, 2.75) is 32.7 Å². The summed E-state index contributed by atoms with van der Waals surface area (Å²) in [6.07, 6.45) is 1.65. The summed E-state index contributed by atoms with van der Waals surface area (Å²) < 4.78 is 12.9. The van der Waals surface area contributed by atoms with E-state index >= 15 is 0 Å². The molecule has 5 heteroatoms. The maximum Gasteiger partial charge on any atom is 0.224 e. The van der Waals surface area contributed by atoms with E-state index in [1.54, 1.807) is 12.1 Å². The third-order valence-electron chi connectivity index (χ3n) is 3.93. The lowest BCUT2D eigenvalue weighted by Gasteiger charge is -2.24. The second-order valence-corrected chi connectivity index (χ2v) is 5.88. The van der Waals surface area contributed by atoms with Crippen LogP contribution < -0.4 is 10.6 Å². The van der Waals surface area contributed by atoms with Crippen molar-refractivity contribution in [1.82, 2.24) is 10.6 Å². The van der Waals surface area contributed by atoms with E-state index < -0.39 is 0 Å². The van der Waals surface area contributed by atoms with E-state index in [1.807, 2.05) is 0 Å². The number of nitrogens with one attached hydrogen (secondary N) is 2. The van der Waals surface area contributed by atoms with E-state index in [2.05, 4.69) is 24.5 Å². The lowest BCUT2D eigenvalue weighted by molar-refractivity contribution is -0.125. The Morgan fingerprint density at radius 1 is 1.38 bits per heavy atom. The second-order valence-electron chi connectivity index (χ2n) is 5.88. The normalized spacial score (nSPS) is 19.1. The van der Waals surface area contributed by atoms with Crippen molar-refractivity contribution in [1.29, 1.82) is 0 Å². The van der Waals surface area contributed by atoms with Crippen LogP contribution >= 0.6 is 12.4 Å². The SMILES string of the molecule is CC(C)C(Cc1ccc(F)cc1)NC(=O)C1CCNC1.Cl. The number of hydrogen-bond acceptors (Lipinski definition) is 2. The highest BCUT2D eigenvalue weighted by Gasteiger charge is 2.25. The summed E-state index contributed by atoms with van der Waals surface area (Å²) >= 11 is 0. The molecule has 2 rings (SSSR count). The van der Waals surface area contributed by atoms with E-state index in [9.17, 15) is 9.18 Å². The summed E-state index contributed by atoms with van der Waals surface area (Å²) in [7, 11) is 0. The first-order valence-corrected chi connectivity index (χ1v) is 7.32. The highest BCUT2D eigenvalue weighted by molar-refractivity contribution is 5.85.